The van der Waals surface area contributed by atoms with Crippen LogP contribution in [0.2, 0.25) is 0 Å². The van der Waals surface area contributed by atoms with Gasteiger partial charge in [0, 0.05) is 23.6 Å². The van der Waals surface area contributed by atoms with E-state index >= 15 is 0 Å². The van der Waals surface area contributed by atoms with Crippen molar-refractivity contribution in [1.29, 1.82) is 0 Å². The molecule has 2 aromatic rings. The Balaban J connectivity index is 1.89. The number of aromatic nitrogens is 1. The smallest absolute Gasteiger partial charge is 0.320 e. The van der Waals surface area contributed by atoms with Gasteiger partial charge in [-0.1, -0.05) is 31.5 Å². The van der Waals surface area contributed by atoms with Gasteiger partial charge in [-0.15, -0.1) is 0 Å². The third-order valence-corrected chi connectivity index (χ3v) is 4.54. The number of hydrogen-bond donors (Lipinski definition) is 2. The highest BCUT2D eigenvalue weighted by molar-refractivity contribution is 5.86. The molecule has 1 fully saturated rings. The van der Waals surface area contributed by atoms with Crippen molar-refractivity contribution in [3.63, 3.8) is 0 Å². The monoisotopic (exact) mass is 286 g/mol. The summed E-state index contributed by atoms with van der Waals surface area (Å²) in [6.07, 6.45) is 5.90. The molecule has 0 aliphatic carbocycles. The zero-order valence-corrected chi connectivity index (χ0v) is 12.4. The van der Waals surface area contributed by atoms with Gasteiger partial charge in [0.1, 0.15) is 6.04 Å². The number of rotatable bonds is 4. The maximum Gasteiger partial charge on any atom is 0.320 e. The van der Waals surface area contributed by atoms with Crippen LogP contribution in [0, 0.1) is 0 Å². The number of aryl methyl sites for hydroxylation is 1. The summed E-state index contributed by atoms with van der Waals surface area (Å²) < 4.78 is 0. The van der Waals surface area contributed by atoms with Crippen molar-refractivity contribution >= 4 is 16.9 Å². The molecule has 1 aliphatic heterocycles. The summed E-state index contributed by atoms with van der Waals surface area (Å²) in [5.41, 5.74) is 3.71. The van der Waals surface area contributed by atoms with Crippen molar-refractivity contribution in [2.75, 3.05) is 6.54 Å². The summed E-state index contributed by atoms with van der Waals surface area (Å²) in [5.74, 6) is -0.691. The molecule has 4 heteroatoms. The zero-order valence-electron chi connectivity index (χ0n) is 12.4. The van der Waals surface area contributed by atoms with Crippen LogP contribution in [0.25, 0.3) is 10.9 Å². The van der Waals surface area contributed by atoms with Gasteiger partial charge < -0.3 is 10.1 Å². The number of likely N-dealkylation sites (tertiary alicyclic amines) is 1. The Morgan fingerprint density at radius 2 is 2.24 bits per heavy atom. The number of para-hydroxylation sites is 1. The maximum absolute atomic E-state index is 11.4. The molecule has 0 bridgehead atoms. The number of H-pyrrole nitrogens is 1. The first-order valence-corrected chi connectivity index (χ1v) is 7.75. The Labute approximate surface area is 124 Å². The number of carbonyl (C=O) groups is 1. The van der Waals surface area contributed by atoms with Crippen molar-refractivity contribution in [2.45, 2.75) is 45.2 Å². The summed E-state index contributed by atoms with van der Waals surface area (Å²) >= 11 is 0. The molecule has 1 aliphatic rings. The molecule has 112 valence electrons. The van der Waals surface area contributed by atoms with Gasteiger partial charge >= 0.3 is 5.97 Å². The molecule has 21 heavy (non-hydrogen) atoms. The number of aromatic amines is 1. The van der Waals surface area contributed by atoms with E-state index < -0.39 is 5.97 Å². The van der Waals surface area contributed by atoms with Crippen LogP contribution < -0.4 is 0 Å². The summed E-state index contributed by atoms with van der Waals surface area (Å²) in [5, 5.41) is 10.6. The van der Waals surface area contributed by atoms with Crippen LogP contribution in [-0.4, -0.2) is 33.5 Å². The highest BCUT2D eigenvalue weighted by Crippen LogP contribution is 2.26. The van der Waals surface area contributed by atoms with E-state index in [9.17, 15) is 9.90 Å². The van der Waals surface area contributed by atoms with Crippen LogP contribution in [0.3, 0.4) is 0 Å². The van der Waals surface area contributed by atoms with E-state index in [1.165, 1.54) is 22.0 Å². The first-order valence-electron chi connectivity index (χ1n) is 7.75. The lowest BCUT2D eigenvalue weighted by Crippen LogP contribution is -2.43. The maximum atomic E-state index is 11.4. The standard InChI is InChI=1S/C17H22N2O2/c1-2-12-6-5-7-14-13(10-18-16(12)14)11-19-9-4-3-8-15(19)17(20)21/h5-7,10,15,18H,2-4,8-9,11H2,1H3,(H,20,21). The minimum Gasteiger partial charge on any atom is -0.480 e. The van der Waals surface area contributed by atoms with Crippen LogP contribution in [0.5, 0.6) is 0 Å². The van der Waals surface area contributed by atoms with Gasteiger partial charge in [-0.3, -0.25) is 9.69 Å². The van der Waals surface area contributed by atoms with Gasteiger partial charge in [0.2, 0.25) is 0 Å². The SMILES string of the molecule is CCc1cccc2c(CN3CCCCC3C(=O)O)c[nH]c12. The van der Waals surface area contributed by atoms with E-state index in [-0.39, 0.29) is 6.04 Å². The number of aliphatic carboxylic acids is 1. The largest absolute Gasteiger partial charge is 0.480 e. The second-order valence-electron chi connectivity index (χ2n) is 5.83. The Morgan fingerprint density at radius 3 is 3.00 bits per heavy atom. The number of benzene rings is 1. The fourth-order valence-electron chi connectivity index (χ4n) is 3.38. The van der Waals surface area contributed by atoms with Gasteiger partial charge in [-0.05, 0) is 36.9 Å². The van der Waals surface area contributed by atoms with Crippen LogP contribution in [0.1, 0.15) is 37.3 Å². The number of nitrogens with one attached hydrogen (secondary N) is 1. The zero-order chi connectivity index (χ0) is 14.8. The van der Waals surface area contributed by atoms with Crippen molar-refractivity contribution in [3.8, 4) is 0 Å². The predicted octanol–water partition coefficient (Wildman–Crippen LogP) is 3.17. The topological polar surface area (TPSA) is 56.3 Å². The molecule has 0 radical (unpaired) electrons. The van der Waals surface area contributed by atoms with E-state index in [0.717, 1.165) is 32.2 Å². The quantitative estimate of drug-likeness (QED) is 0.907. The summed E-state index contributed by atoms with van der Waals surface area (Å²) in [6, 6.07) is 6.02. The molecule has 2 heterocycles. The fourth-order valence-corrected chi connectivity index (χ4v) is 3.38. The minimum absolute atomic E-state index is 0.335. The van der Waals surface area contributed by atoms with Gasteiger partial charge in [-0.25, -0.2) is 0 Å². The van der Waals surface area contributed by atoms with E-state index in [1.807, 2.05) is 6.20 Å². The van der Waals surface area contributed by atoms with E-state index in [2.05, 4.69) is 35.0 Å². The molecule has 1 aromatic carbocycles. The van der Waals surface area contributed by atoms with E-state index in [0.29, 0.717) is 6.54 Å². The third-order valence-electron chi connectivity index (χ3n) is 4.54. The average Bonchev–Trinajstić information content (AvgIpc) is 2.91. The molecule has 2 N–H and O–H groups in total. The third kappa shape index (κ3) is 2.68. The number of piperidine rings is 1. The molecule has 1 aromatic heterocycles. The Hall–Kier alpha value is -1.81. The summed E-state index contributed by atoms with van der Waals surface area (Å²) in [6.45, 7) is 3.74. The molecular weight excluding hydrogens is 264 g/mol. The van der Waals surface area contributed by atoms with Crippen molar-refractivity contribution in [3.05, 3.63) is 35.5 Å². The molecule has 1 saturated heterocycles. The van der Waals surface area contributed by atoms with E-state index in [4.69, 9.17) is 0 Å². The first kappa shape index (κ1) is 14.1. The lowest BCUT2D eigenvalue weighted by Gasteiger charge is -2.32. The molecule has 0 amide bonds. The number of nitrogens with zero attached hydrogens (tertiary/aromatic N) is 1. The summed E-state index contributed by atoms with van der Waals surface area (Å²) in [4.78, 5) is 16.9. The highest BCUT2D eigenvalue weighted by atomic mass is 16.4. The predicted molar refractivity (Wildman–Crippen MR) is 83.4 cm³/mol. The van der Waals surface area contributed by atoms with Gasteiger partial charge in [0.05, 0.1) is 0 Å². The molecule has 1 unspecified atom stereocenters. The Bertz CT molecular complexity index is 647. The van der Waals surface area contributed by atoms with Crippen LogP contribution in [0.15, 0.2) is 24.4 Å². The van der Waals surface area contributed by atoms with Gasteiger partial charge in [0.15, 0.2) is 0 Å². The fraction of sp³-hybridized carbons (Fsp3) is 0.471. The van der Waals surface area contributed by atoms with Crippen molar-refractivity contribution < 1.29 is 9.90 Å². The Morgan fingerprint density at radius 1 is 1.38 bits per heavy atom. The van der Waals surface area contributed by atoms with E-state index in [1.54, 1.807) is 0 Å². The molecule has 0 spiro atoms. The second kappa shape index (κ2) is 5.90. The van der Waals surface area contributed by atoms with Crippen LogP contribution >= 0.6 is 0 Å². The van der Waals surface area contributed by atoms with Gasteiger partial charge in [0.25, 0.3) is 0 Å². The molecular formula is C17H22N2O2. The normalized spacial score (nSPS) is 20.0. The minimum atomic E-state index is -0.691. The molecule has 1 atom stereocenters. The number of carboxylic acid groups (broad SMARTS) is 1. The Kier molecular flexibility index (Phi) is 3.97. The highest BCUT2D eigenvalue weighted by Gasteiger charge is 2.28. The second-order valence-corrected chi connectivity index (χ2v) is 5.83. The lowest BCUT2D eigenvalue weighted by atomic mass is 10.0. The van der Waals surface area contributed by atoms with Crippen molar-refractivity contribution in [1.82, 2.24) is 9.88 Å². The molecule has 3 rings (SSSR count). The number of fused-ring (bicyclic) bond motifs is 1. The first-order chi connectivity index (χ1) is 10.2. The average molecular weight is 286 g/mol. The van der Waals surface area contributed by atoms with Gasteiger partial charge in [-0.2, -0.15) is 0 Å². The number of hydrogen-bond acceptors (Lipinski definition) is 2. The van der Waals surface area contributed by atoms with Crippen molar-refractivity contribution in [2.24, 2.45) is 0 Å². The summed E-state index contributed by atoms with van der Waals surface area (Å²) in [7, 11) is 0. The van der Waals surface area contributed by atoms with Crippen LogP contribution in [-0.2, 0) is 17.8 Å². The molecule has 0 saturated carbocycles. The van der Waals surface area contributed by atoms with Crippen LogP contribution in [0.4, 0.5) is 0 Å². The molecule has 4 nitrogen and oxygen atoms in total. The number of carboxylic acids is 1. The lowest BCUT2D eigenvalue weighted by molar-refractivity contribution is -0.144.